The minimum atomic E-state index is -0.461. The molecular weight excluding hydrogens is 400 g/mol. The monoisotopic (exact) mass is 444 g/mol. The summed E-state index contributed by atoms with van der Waals surface area (Å²) < 4.78 is 6.96. The maximum atomic E-state index is 11.9. The fourth-order valence-corrected chi connectivity index (χ4v) is 10.7. The summed E-state index contributed by atoms with van der Waals surface area (Å²) in [6.45, 7) is 10.5. The van der Waals surface area contributed by atoms with E-state index in [4.69, 9.17) is 4.74 Å². The number of hydrogen-bond acceptors (Lipinski definition) is 4. The molecule has 2 aliphatic heterocycles. The van der Waals surface area contributed by atoms with Crippen molar-refractivity contribution in [2.75, 3.05) is 6.54 Å². The summed E-state index contributed by atoms with van der Waals surface area (Å²) in [7, 11) is 0. The molecular formula is C27H44N2O3. The van der Waals surface area contributed by atoms with E-state index in [1.807, 2.05) is 0 Å². The molecule has 2 saturated heterocycles. The van der Waals surface area contributed by atoms with Crippen molar-refractivity contribution in [2.24, 2.45) is 57.5 Å². The SMILES string of the molecule is C[C@H]1CCC2(O[C@H]3C[C@H]4[C@@H]5CC[C@H]6C[C@@H](O)CC[C@]6(C)[C@H]5CC[C@]4(C)[C@H]3[C@@H]2C)N(N=O)C1. The summed E-state index contributed by atoms with van der Waals surface area (Å²) in [4.78, 5) is 11.9. The first kappa shape index (κ1) is 21.8. The van der Waals surface area contributed by atoms with Gasteiger partial charge in [0.05, 0.1) is 17.5 Å². The molecule has 0 aromatic carbocycles. The highest BCUT2D eigenvalue weighted by Crippen LogP contribution is 2.71. The molecule has 1 N–H and O–H groups in total. The molecule has 32 heavy (non-hydrogen) atoms. The Morgan fingerprint density at radius 2 is 1.72 bits per heavy atom. The van der Waals surface area contributed by atoms with Gasteiger partial charge in [0.25, 0.3) is 0 Å². The molecule has 1 spiro atoms. The molecule has 0 aromatic rings. The second-order valence-electron chi connectivity index (χ2n) is 13.5. The van der Waals surface area contributed by atoms with Crippen molar-refractivity contribution < 1.29 is 9.84 Å². The Balaban J connectivity index is 1.28. The van der Waals surface area contributed by atoms with Gasteiger partial charge in [-0.25, -0.2) is 5.01 Å². The van der Waals surface area contributed by atoms with Crippen LogP contribution >= 0.6 is 0 Å². The molecule has 180 valence electrons. The number of piperidine rings is 1. The van der Waals surface area contributed by atoms with Crippen LogP contribution in [0.5, 0.6) is 0 Å². The highest BCUT2D eigenvalue weighted by Gasteiger charge is 2.70. The van der Waals surface area contributed by atoms with Gasteiger partial charge in [0.15, 0.2) is 5.72 Å². The van der Waals surface area contributed by atoms with Crippen LogP contribution in [0.2, 0.25) is 0 Å². The van der Waals surface area contributed by atoms with Crippen LogP contribution in [0, 0.1) is 57.2 Å². The van der Waals surface area contributed by atoms with Crippen molar-refractivity contribution in [3.8, 4) is 0 Å². The molecule has 4 saturated carbocycles. The molecule has 5 heteroatoms. The van der Waals surface area contributed by atoms with E-state index in [1.165, 1.54) is 38.5 Å². The number of aliphatic hydroxyl groups is 1. The number of rotatable bonds is 1. The van der Waals surface area contributed by atoms with E-state index < -0.39 is 5.72 Å². The van der Waals surface area contributed by atoms with Crippen LogP contribution in [0.4, 0.5) is 0 Å². The lowest BCUT2D eigenvalue weighted by Crippen LogP contribution is -2.57. The first-order valence-electron chi connectivity index (χ1n) is 13.7. The Bertz CT molecular complexity index is 776. The van der Waals surface area contributed by atoms with Crippen LogP contribution < -0.4 is 0 Å². The van der Waals surface area contributed by atoms with Gasteiger partial charge in [-0.1, -0.05) is 27.7 Å². The van der Waals surface area contributed by atoms with Gasteiger partial charge < -0.3 is 9.84 Å². The number of ether oxygens (including phenoxy) is 1. The predicted molar refractivity (Wildman–Crippen MR) is 124 cm³/mol. The fourth-order valence-electron chi connectivity index (χ4n) is 10.7. The van der Waals surface area contributed by atoms with Gasteiger partial charge in [0.2, 0.25) is 0 Å². The number of hydrogen-bond donors (Lipinski definition) is 1. The van der Waals surface area contributed by atoms with Crippen LogP contribution in [-0.4, -0.2) is 34.6 Å². The third-order valence-corrected chi connectivity index (χ3v) is 12.3. The molecule has 2 heterocycles. The zero-order valence-electron chi connectivity index (χ0n) is 20.6. The maximum Gasteiger partial charge on any atom is 0.162 e. The van der Waals surface area contributed by atoms with Crippen LogP contribution in [0.1, 0.15) is 91.9 Å². The second-order valence-corrected chi connectivity index (χ2v) is 13.5. The van der Waals surface area contributed by atoms with E-state index >= 15 is 0 Å². The van der Waals surface area contributed by atoms with Crippen LogP contribution in [0.25, 0.3) is 0 Å². The summed E-state index contributed by atoms with van der Waals surface area (Å²) >= 11 is 0. The minimum absolute atomic E-state index is 0.0673. The summed E-state index contributed by atoms with van der Waals surface area (Å²) in [5.41, 5.74) is 0.286. The molecule has 0 amide bonds. The van der Waals surface area contributed by atoms with Crippen molar-refractivity contribution in [2.45, 2.75) is 110 Å². The first-order valence-corrected chi connectivity index (χ1v) is 13.7. The molecule has 6 rings (SSSR count). The van der Waals surface area contributed by atoms with E-state index in [-0.39, 0.29) is 12.2 Å². The van der Waals surface area contributed by atoms with E-state index in [0.717, 1.165) is 50.0 Å². The average molecular weight is 445 g/mol. The normalized spacial score (nSPS) is 59.3. The molecule has 5 nitrogen and oxygen atoms in total. The molecule has 0 radical (unpaired) electrons. The van der Waals surface area contributed by atoms with Crippen molar-refractivity contribution in [3.05, 3.63) is 4.91 Å². The molecule has 6 aliphatic rings. The third-order valence-electron chi connectivity index (χ3n) is 12.3. The number of fused-ring (bicyclic) bond motifs is 7. The van der Waals surface area contributed by atoms with Crippen molar-refractivity contribution >= 4 is 0 Å². The third kappa shape index (κ3) is 2.70. The zero-order valence-corrected chi connectivity index (χ0v) is 20.6. The highest BCUT2D eigenvalue weighted by molar-refractivity contribution is 5.16. The standard InChI is InChI=1S/C27H44N2O3/c1-16-7-12-27(29(15-16)28-31)17(2)24-23(32-27)14-22-20-6-5-18-13-19(30)8-10-25(18,3)21(20)9-11-26(22,24)4/h16-24,30H,5-15H2,1-4H3/t16-,17-,18-,19-,20+,21-,22-,23-,24-,25-,26-,27?/m0/s1. The van der Waals surface area contributed by atoms with Gasteiger partial charge in [-0.05, 0) is 111 Å². The van der Waals surface area contributed by atoms with Gasteiger partial charge in [0, 0.05) is 12.5 Å². The van der Waals surface area contributed by atoms with Crippen LogP contribution in [0.3, 0.4) is 0 Å². The summed E-state index contributed by atoms with van der Waals surface area (Å²) in [6, 6.07) is 0. The second kappa shape index (κ2) is 7.16. The summed E-state index contributed by atoms with van der Waals surface area (Å²) in [5, 5.41) is 15.6. The maximum absolute atomic E-state index is 11.9. The predicted octanol–water partition coefficient (Wildman–Crippen LogP) is 5.76. The van der Waals surface area contributed by atoms with E-state index in [1.54, 1.807) is 5.01 Å². The van der Waals surface area contributed by atoms with E-state index in [9.17, 15) is 10.0 Å². The molecule has 4 aliphatic carbocycles. The lowest BCUT2D eigenvalue weighted by Gasteiger charge is -2.61. The summed E-state index contributed by atoms with van der Waals surface area (Å²) in [6.07, 6.45) is 12.0. The van der Waals surface area contributed by atoms with Gasteiger partial charge in [0.1, 0.15) is 0 Å². The lowest BCUT2D eigenvalue weighted by atomic mass is 9.44. The highest BCUT2D eigenvalue weighted by atomic mass is 16.5. The van der Waals surface area contributed by atoms with Gasteiger partial charge in [-0.15, -0.1) is 4.91 Å². The van der Waals surface area contributed by atoms with Crippen molar-refractivity contribution in [3.63, 3.8) is 0 Å². The smallest absolute Gasteiger partial charge is 0.162 e. The Morgan fingerprint density at radius 3 is 2.50 bits per heavy atom. The molecule has 12 atom stereocenters. The van der Waals surface area contributed by atoms with Gasteiger partial charge in [-0.2, -0.15) is 0 Å². The lowest BCUT2D eigenvalue weighted by molar-refractivity contribution is -0.198. The van der Waals surface area contributed by atoms with Gasteiger partial charge in [-0.3, -0.25) is 0 Å². The fraction of sp³-hybridized carbons (Fsp3) is 1.00. The topological polar surface area (TPSA) is 62.1 Å². The Morgan fingerprint density at radius 1 is 0.938 bits per heavy atom. The largest absolute Gasteiger partial charge is 0.393 e. The Kier molecular flexibility index (Phi) is 4.89. The molecule has 1 unspecified atom stereocenters. The Hall–Kier alpha value is -0.680. The average Bonchev–Trinajstić information content (AvgIpc) is 3.21. The van der Waals surface area contributed by atoms with Gasteiger partial charge >= 0.3 is 0 Å². The Labute approximate surface area is 194 Å². The molecule has 6 fully saturated rings. The first-order chi connectivity index (χ1) is 15.2. The minimum Gasteiger partial charge on any atom is -0.393 e. The zero-order chi connectivity index (χ0) is 22.5. The number of nitroso groups, excluding NO2 is 1. The number of nitrogens with zero attached hydrogens (tertiary/aromatic N) is 2. The quantitative estimate of drug-likeness (QED) is 0.522. The molecule has 0 bridgehead atoms. The van der Waals surface area contributed by atoms with Crippen LogP contribution in [0.15, 0.2) is 5.29 Å². The van der Waals surface area contributed by atoms with E-state index in [2.05, 4.69) is 33.0 Å². The molecule has 0 aromatic heterocycles. The van der Waals surface area contributed by atoms with Crippen molar-refractivity contribution in [1.82, 2.24) is 5.01 Å². The summed E-state index contributed by atoms with van der Waals surface area (Å²) in [5.74, 6) is 4.52. The van der Waals surface area contributed by atoms with Crippen LogP contribution in [-0.2, 0) is 4.74 Å². The van der Waals surface area contributed by atoms with E-state index in [0.29, 0.717) is 34.5 Å². The number of aliphatic hydroxyl groups excluding tert-OH is 1. The van der Waals surface area contributed by atoms with Crippen molar-refractivity contribution in [1.29, 1.82) is 0 Å².